The lowest BCUT2D eigenvalue weighted by Crippen LogP contribution is -2.27. The number of benzene rings is 3. The van der Waals surface area contributed by atoms with E-state index in [1.54, 1.807) is 50.2 Å². The van der Waals surface area contributed by atoms with E-state index in [1.165, 1.54) is 12.1 Å². The number of anilines is 2. The minimum absolute atomic E-state index is 0.0313. The first kappa shape index (κ1) is 28.1. The summed E-state index contributed by atoms with van der Waals surface area (Å²) in [6.07, 6.45) is 0. The smallest absolute Gasteiger partial charge is 0.272 e. The molecule has 3 N–H and O–H groups in total. The van der Waals surface area contributed by atoms with Crippen molar-refractivity contribution in [3.8, 4) is 0 Å². The van der Waals surface area contributed by atoms with Gasteiger partial charge in [0.25, 0.3) is 11.8 Å². The van der Waals surface area contributed by atoms with E-state index in [9.17, 15) is 18.8 Å². The first-order valence-corrected chi connectivity index (χ1v) is 13.1. The van der Waals surface area contributed by atoms with Gasteiger partial charge in [0.2, 0.25) is 5.91 Å². The zero-order valence-corrected chi connectivity index (χ0v) is 23.1. The van der Waals surface area contributed by atoms with Gasteiger partial charge < -0.3 is 20.5 Å². The molecule has 0 aliphatic heterocycles. The van der Waals surface area contributed by atoms with E-state index in [1.807, 2.05) is 17.6 Å². The van der Waals surface area contributed by atoms with Crippen molar-refractivity contribution in [1.29, 1.82) is 0 Å². The maximum Gasteiger partial charge on any atom is 0.272 e. The Bertz CT molecular complexity index is 1580. The van der Waals surface area contributed by atoms with Crippen LogP contribution in [0.15, 0.2) is 60.7 Å². The maximum atomic E-state index is 13.8. The highest BCUT2D eigenvalue weighted by Gasteiger charge is 2.18. The number of carbonyl (C=O) groups is 3. The molecule has 0 aliphatic carbocycles. The van der Waals surface area contributed by atoms with E-state index < -0.39 is 17.6 Å². The van der Waals surface area contributed by atoms with Gasteiger partial charge in [-0.15, -0.1) is 0 Å². The molecule has 4 aromatic rings. The number of hydrogen-bond acceptors (Lipinski definition) is 3. The average molecular weight is 569 g/mol. The van der Waals surface area contributed by atoms with Crippen LogP contribution in [0.2, 0.25) is 10.0 Å². The summed E-state index contributed by atoms with van der Waals surface area (Å²) < 4.78 is 15.6. The largest absolute Gasteiger partial charge is 0.352 e. The number of fused-ring (bicyclic) bond motifs is 1. The summed E-state index contributed by atoms with van der Waals surface area (Å²) in [5, 5.41) is 9.36. The highest BCUT2D eigenvalue weighted by molar-refractivity contribution is 6.34. The number of nitrogens with one attached hydrogen (secondary N) is 3. The Hall–Kier alpha value is -3.88. The lowest BCUT2D eigenvalue weighted by atomic mass is 10.1. The van der Waals surface area contributed by atoms with Crippen LogP contribution in [0.25, 0.3) is 10.9 Å². The zero-order chi connectivity index (χ0) is 28.3. The summed E-state index contributed by atoms with van der Waals surface area (Å²) in [5.41, 5.74) is 2.99. The molecule has 0 fully saturated rings. The number of nitrogens with zero attached hydrogens (tertiary/aromatic N) is 1. The van der Waals surface area contributed by atoms with Gasteiger partial charge in [-0.25, -0.2) is 4.39 Å². The van der Waals surface area contributed by atoms with Crippen LogP contribution in [0.1, 0.15) is 47.2 Å². The van der Waals surface area contributed by atoms with E-state index in [0.29, 0.717) is 17.9 Å². The van der Waals surface area contributed by atoms with Crippen LogP contribution in [0.3, 0.4) is 0 Å². The third kappa shape index (κ3) is 6.41. The van der Waals surface area contributed by atoms with Crippen molar-refractivity contribution in [3.63, 3.8) is 0 Å². The Balaban J connectivity index is 1.54. The number of carbonyl (C=O) groups excluding carboxylic acids is 3. The van der Waals surface area contributed by atoms with Crippen molar-refractivity contribution in [1.82, 2.24) is 9.88 Å². The first-order chi connectivity index (χ1) is 18.6. The molecule has 0 aliphatic rings. The molecule has 3 aromatic carbocycles. The summed E-state index contributed by atoms with van der Waals surface area (Å²) in [6.45, 7) is 6.31. The second-order valence-corrected chi connectivity index (χ2v) is 10.1. The molecule has 3 amide bonds. The van der Waals surface area contributed by atoms with E-state index in [2.05, 4.69) is 16.0 Å². The summed E-state index contributed by atoms with van der Waals surface area (Å²) in [5.74, 6) is -1.68. The predicted molar refractivity (Wildman–Crippen MR) is 153 cm³/mol. The fraction of sp³-hybridized carbons (Fsp3) is 0.207. The van der Waals surface area contributed by atoms with Gasteiger partial charge in [-0.2, -0.15) is 0 Å². The quantitative estimate of drug-likeness (QED) is 0.216. The number of rotatable bonds is 8. The monoisotopic (exact) mass is 568 g/mol. The molecule has 0 radical (unpaired) electrons. The third-order valence-electron chi connectivity index (χ3n) is 6.15. The van der Waals surface area contributed by atoms with Crippen LogP contribution in [0.4, 0.5) is 15.8 Å². The SMILES string of the molecule is CCn1c(C(=O)Nc2ccc(Cl)c(F)c2)cc2cc(NC(=O)c3cc(CNC(=O)C(C)C)ccc3Cl)ccc21. The topological polar surface area (TPSA) is 92.2 Å². The van der Waals surface area contributed by atoms with Gasteiger partial charge in [-0.1, -0.05) is 43.1 Å². The molecule has 10 heteroatoms. The number of hydrogen-bond donors (Lipinski definition) is 3. The van der Waals surface area contributed by atoms with Gasteiger partial charge in [0.15, 0.2) is 0 Å². The van der Waals surface area contributed by atoms with E-state index in [4.69, 9.17) is 23.2 Å². The van der Waals surface area contributed by atoms with Gasteiger partial charge in [-0.3, -0.25) is 14.4 Å². The summed E-state index contributed by atoms with van der Waals surface area (Å²) in [4.78, 5) is 38.0. The van der Waals surface area contributed by atoms with Crippen LogP contribution in [-0.2, 0) is 17.9 Å². The predicted octanol–water partition coefficient (Wildman–Crippen LogP) is 6.88. The van der Waals surface area contributed by atoms with Crippen LogP contribution in [0.5, 0.6) is 0 Å². The number of aromatic nitrogens is 1. The second-order valence-electron chi connectivity index (χ2n) is 9.27. The molecule has 0 saturated heterocycles. The van der Waals surface area contributed by atoms with Gasteiger partial charge in [0.05, 0.1) is 15.6 Å². The Morgan fingerprint density at radius 2 is 1.54 bits per heavy atom. The van der Waals surface area contributed by atoms with Crippen molar-refractivity contribution in [2.24, 2.45) is 5.92 Å². The van der Waals surface area contributed by atoms with Gasteiger partial charge >= 0.3 is 0 Å². The Labute approximate surface area is 235 Å². The molecule has 1 heterocycles. The Morgan fingerprint density at radius 1 is 0.872 bits per heavy atom. The lowest BCUT2D eigenvalue weighted by molar-refractivity contribution is -0.124. The van der Waals surface area contributed by atoms with Crippen LogP contribution in [-0.4, -0.2) is 22.3 Å². The van der Waals surface area contributed by atoms with E-state index in [-0.39, 0.29) is 39.7 Å². The molecule has 39 heavy (non-hydrogen) atoms. The molecule has 202 valence electrons. The lowest BCUT2D eigenvalue weighted by Gasteiger charge is -2.11. The molecule has 4 rings (SSSR count). The van der Waals surface area contributed by atoms with Crippen molar-refractivity contribution in [3.05, 3.63) is 93.3 Å². The van der Waals surface area contributed by atoms with Crippen molar-refractivity contribution in [2.45, 2.75) is 33.9 Å². The summed E-state index contributed by atoms with van der Waals surface area (Å²) >= 11 is 12.0. The van der Waals surface area contributed by atoms with E-state index in [0.717, 1.165) is 22.5 Å². The van der Waals surface area contributed by atoms with Gasteiger partial charge in [-0.05, 0) is 67.1 Å². The van der Waals surface area contributed by atoms with Gasteiger partial charge in [0, 0.05) is 41.3 Å². The fourth-order valence-electron chi connectivity index (χ4n) is 4.09. The Morgan fingerprint density at radius 3 is 2.23 bits per heavy atom. The Kier molecular flexibility index (Phi) is 8.57. The summed E-state index contributed by atoms with van der Waals surface area (Å²) in [7, 11) is 0. The first-order valence-electron chi connectivity index (χ1n) is 12.3. The van der Waals surface area contributed by atoms with Crippen LogP contribution >= 0.6 is 23.2 Å². The summed E-state index contributed by atoms with van der Waals surface area (Å²) in [6, 6.07) is 16.1. The average Bonchev–Trinajstić information content (AvgIpc) is 3.28. The minimum Gasteiger partial charge on any atom is -0.352 e. The van der Waals surface area contributed by atoms with E-state index >= 15 is 0 Å². The minimum atomic E-state index is -0.628. The zero-order valence-electron chi connectivity index (χ0n) is 21.6. The van der Waals surface area contributed by atoms with Crippen molar-refractivity contribution in [2.75, 3.05) is 10.6 Å². The normalized spacial score (nSPS) is 11.1. The third-order valence-corrected chi connectivity index (χ3v) is 6.79. The number of halogens is 3. The van der Waals surface area contributed by atoms with Crippen LogP contribution in [0, 0.1) is 11.7 Å². The molecule has 1 aromatic heterocycles. The standard InChI is InChI=1S/C29H27Cl2FN4O3/c1-4-36-25-10-7-19(12-18(25)13-26(36)29(39)35-20-6-9-23(31)24(32)14-20)34-28(38)21-11-17(5-8-22(21)30)15-33-27(37)16(2)3/h5-14,16H,4,15H2,1-3H3,(H,33,37)(H,34,38)(H,35,39). The highest BCUT2D eigenvalue weighted by Crippen LogP contribution is 2.26. The molecule has 0 unspecified atom stereocenters. The molecule has 0 atom stereocenters. The number of aryl methyl sites for hydroxylation is 1. The van der Waals surface area contributed by atoms with Crippen LogP contribution < -0.4 is 16.0 Å². The molecule has 0 bridgehead atoms. The fourth-order valence-corrected chi connectivity index (χ4v) is 4.42. The van der Waals surface area contributed by atoms with Gasteiger partial charge in [0.1, 0.15) is 11.5 Å². The number of amides is 3. The van der Waals surface area contributed by atoms with Crippen molar-refractivity contribution < 1.29 is 18.8 Å². The second kappa shape index (κ2) is 11.9. The molecule has 7 nitrogen and oxygen atoms in total. The highest BCUT2D eigenvalue weighted by atomic mass is 35.5. The van der Waals surface area contributed by atoms with Crippen molar-refractivity contribution >= 4 is 63.2 Å². The molecular weight excluding hydrogens is 542 g/mol. The maximum absolute atomic E-state index is 13.8. The molecule has 0 saturated carbocycles. The molecule has 0 spiro atoms. The molecular formula is C29H27Cl2FN4O3.